The third kappa shape index (κ3) is 4.86. The highest BCUT2D eigenvalue weighted by Gasteiger charge is 2.28. The lowest BCUT2D eigenvalue weighted by Gasteiger charge is -2.27. The monoisotopic (exact) mass is 373 g/mol. The number of carboxylic acid groups (broad SMARTS) is 1. The zero-order chi connectivity index (χ0) is 19.4. The van der Waals surface area contributed by atoms with Crippen LogP contribution >= 0.6 is 0 Å². The van der Waals surface area contributed by atoms with E-state index in [4.69, 9.17) is 9.47 Å². The van der Waals surface area contributed by atoms with E-state index in [9.17, 15) is 9.90 Å². The molecule has 7 nitrogen and oxygen atoms in total. The van der Waals surface area contributed by atoms with Crippen LogP contribution in [0.3, 0.4) is 0 Å². The molecule has 0 unspecified atom stereocenters. The molecule has 7 heteroatoms. The van der Waals surface area contributed by atoms with Crippen LogP contribution in [0.25, 0.3) is 11.3 Å². The third-order valence-corrected chi connectivity index (χ3v) is 4.90. The van der Waals surface area contributed by atoms with Gasteiger partial charge in [0.2, 0.25) is 0 Å². The number of hydrogen-bond donors (Lipinski definition) is 1. The van der Waals surface area contributed by atoms with Gasteiger partial charge in [-0.3, -0.25) is 4.79 Å². The molecule has 1 aliphatic rings. The van der Waals surface area contributed by atoms with Crippen molar-refractivity contribution in [3.05, 3.63) is 30.0 Å². The molecule has 146 valence electrons. The van der Waals surface area contributed by atoms with Gasteiger partial charge in [-0.05, 0) is 63.8 Å². The number of aliphatic carboxylic acids is 1. The molecule has 1 saturated carbocycles. The third-order valence-electron chi connectivity index (χ3n) is 4.90. The van der Waals surface area contributed by atoms with Crippen LogP contribution in [0.5, 0.6) is 5.75 Å². The van der Waals surface area contributed by atoms with Gasteiger partial charge >= 0.3 is 5.97 Å². The second-order valence-corrected chi connectivity index (χ2v) is 7.33. The molecule has 1 aliphatic carbocycles. The average molecular weight is 373 g/mol. The molecule has 0 aliphatic heterocycles. The van der Waals surface area contributed by atoms with Gasteiger partial charge in [0.15, 0.2) is 0 Å². The molecule has 1 N–H and O–H groups in total. The number of nitrogens with zero attached hydrogens (tertiary/aromatic N) is 3. The van der Waals surface area contributed by atoms with E-state index >= 15 is 0 Å². The molecule has 0 radical (unpaired) electrons. The van der Waals surface area contributed by atoms with Gasteiger partial charge < -0.3 is 14.6 Å². The van der Waals surface area contributed by atoms with Crippen molar-refractivity contribution in [2.24, 2.45) is 13.0 Å². The summed E-state index contributed by atoms with van der Waals surface area (Å²) in [4.78, 5) is 11.2. The van der Waals surface area contributed by atoms with Crippen molar-refractivity contribution >= 4 is 5.97 Å². The molecule has 2 atom stereocenters. The van der Waals surface area contributed by atoms with Crippen LogP contribution in [0.4, 0.5) is 0 Å². The van der Waals surface area contributed by atoms with Gasteiger partial charge in [0.25, 0.3) is 0 Å². The van der Waals surface area contributed by atoms with E-state index in [0.717, 1.165) is 42.0 Å². The summed E-state index contributed by atoms with van der Waals surface area (Å²) in [6.45, 7) is 4.44. The van der Waals surface area contributed by atoms with Crippen molar-refractivity contribution in [2.45, 2.75) is 58.3 Å². The Morgan fingerprint density at radius 3 is 2.70 bits per heavy atom. The van der Waals surface area contributed by atoms with Crippen molar-refractivity contribution in [3.8, 4) is 17.0 Å². The van der Waals surface area contributed by atoms with Crippen LogP contribution in [-0.2, 0) is 23.2 Å². The van der Waals surface area contributed by atoms with Crippen molar-refractivity contribution in [1.29, 1.82) is 0 Å². The SMILES string of the molecule is CC(C)OCc1c(-c2ccc(O[C@H]3CCC[C@H](C(=O)O)C3)cc2)nnn1C. The standard InChI is InChI=1S/C20H27N3O4/c1-13(2)26-12-18-19(21-22-23(18)3)14-7-9-16(10-8-14)27-17-6-4-5-15(11-17)20(24)25/h7-10,13,15,17H,4-6,11-12H2,1-3H3,(H,24,25)/t15-,17-/m0/s1. The largest absolute Gasteiger partial charge is 0.490 e. The molecular weight excluding hydrogens is 346 g/mol. The summed E-state index contributed by atoms with van der Waals surface area (Å²) in [6.07, 6.45) is 3.18. The number of aromatic nitrogens is 3. The van der Waals surface area contributed by atoms with Crippen molar-refractivity contribution in [2.75, 3.05) is 0 Å². The Labute approximate surface area is 159 Å². The van der Waals surface area contributed by atoms with Crippen LogP contribution in [0.2, 0.25) is 0 Å². The Hall–Kier alpha value is -2.41. The topological polar surface area (TPSA) is 86.5 Å². The second-order valence-electron chi connectivity index (χ2n) is 7.33. The predicted molar refractivity (Wildman–Crippen MR) is 100 cm³/mol. The number of rotatable bonds is 7. The maximum absolute atomic E-state index is 11.2. The number of hydrogen-bond acceptors (Lipinski definition) is 5. The van der Waals surface area contributed by atoms with Gasteiger partial charge in [-0.2, -0.15) is 0 Å². The maximum Gasteiger partial charge on any atom is 0.306 e. The highest BCUT2D eigenvalue weighted by atomic mass is 16.5. The summed E-state index contributed by atoms with van der Waals surface area (Å²) in [7, 11) is 1.86. The van der Waals surface area contributed by atoms with E-state index < -0.39 is 5.97 Å². The molecule has 0 saturated heterocycles. The molecule has 0 amide bonds. The Morgan fingerprint density at radius 1 is 1.30 bits per heavy atom. The van der Waals surface area contributed by atoms with Crippen LogP contribution in [0.1, 0.15) is 45.2 Å². The van der Waals surface area contributed by atoms with E-state index in [1.54, 1.807) is 4.68 Å². The maximum atomic E-state index is 11.2. The van der Waals surface area contributed by atoms with E-state index in [1.165, 1.54) is 0 Å². The van der Waals surface area contributed by atoms with Gasteiger partial charge in [-0.15, -0.1) is 5.10 Å². The van der Waals surface area contributed by atoms with Crippen molar-refractivity contribution in [1.82, 2.24) is 15.0 Å². The quantitative estimate of drug-likeness (QED) is 0.800. The van der Waals surface area contributed by atoms with Gasteiger partial charge in [0.1, 0.15) is 11.4 Å². The Bertz CT molecular complexity index is 770. The van der Waals surface area contributed by atoms with E-state index in [0.29, 0.717) is 13.0 Å². The minimum Gasteiger partial charge on any atom is -0.490 e. The van der Waals surface area contributed by atoms with Gasteiger partial charge in [-0.1, -0.05) is 5.21 Å². The van der Waals surface area contributed by atoms with Gasteiger partial charge in [0, 0.05) is 12.6 Å². The fourth-order valence-corrected chi connectivity index (χ4v) is 3.37. The Balaban J connectivity index is 1.68. The molecule has 1 aromatic carbocycles. The van der Waals surface area contributed by atoms with Crippen LogP contribution in [0.15, 0.2) is 24.3 Å². The van der Waals surface area contributed by atoms with Crippen molar-refractivity contribution < 1.29 is 19.4 Å². The molecule has 27 heavy (non-hydrogen) atoms. The Kier molecular flexibility index (Phi) is 6.11. The summed E-state index contributed by atoms with van der Waals surface area (Å²) >= 11 is 0. The molecular formula is C20H27N3O4. The van der Waals surface area contributed by atoms with E-state index in [1.807, 2.05) is 45.2 Å². The van der Waals surface area contributed by atoms with E-state index in [-0.39, 0.29) is 18.1 Å². The van der Waals surface area contributed by atoms with Crippen LogP contribution < -0.4 is 4.74 Å². The summed E-state index contributed by atoms with van der Waals surface area (Å²) in [5.41, 5.74) is 2.67. The fourth-order valence-electron chi connectivity index (χ4n) is 3.37. The first-order valence-electron chi connectivity index (χ1n) is 9.44. The second kappa shape index (κ2) is 8.52. The minimum atomic E-state index is -0.725. The highest BCUT2D eigenvalue weighted by molar-refractivity contribution is 5.70. The molecule has 1 fully saturated rings. The lowest BCUT2D eigenvalue weighted by molar-refractivity contribution is -0.143. The number of benzene rings is 1. The smallest absolute Gasteiger partial charge is 0.306 e. The zero-order valence-corrected chi connectivity index (χ0v) is 16.1. The normalized spacial score (nSPS) is 20.0. The Morgan fingerprint density at radius 2 is 2.04 bits per heavy atom. The lowest BCUT2D eigenvalue weighted by Crippen LogP contribution is -2.29. The van der Waals surface area contributed by atoms with Gasteiger partial charge in [0.05, 0.1) is 30.4 Å². The first-order chi connectivity index (χ1) is 12.9. The number of ether oxygens (including phenoxy) is 2. The lowest BCUT2D eigenvalue weighted by atomic mass is 9.87. The molecule has 0 bridgehead atoms. The summed E-state index contributed by atoms with van der Waals surface area (Å²) in [5.74, 6) is -0.276. The average Bonchev–Trinajstić information content (AvgIpc) is 3.01. The van der Waals surface area contributed by atoms with Crippen LogP contribution in [0, 0.1) is 5.92 Å². The first kappa shape index (κ1) is 19.4. The highest BCUT2D eigenvalue weighted by Crippen LogP contribution is 2.29. The summed E-state index contributed by atoms with van der Waals surface area (Å²) < 4.78 is 13.5. The zero-order valence-electron chi connectivity index (χ0n) is 16.1. The van der Waals surface area contributed by atoms with Gasteiger partial charge in [-0.25, -0.2) is 4.68 Å². The number of carboxylic acids is 1. The molecule has 2 aromatic rings. The predicted octanol–water partition coefficient (Wildman–Crippen LogP) is 3.43. The number of aryl methyl sites for hydroxylation is 1. The number of carbonyl (C=O) groups is 1. The molecule has 1 heterocycles. The molecule has 0 spiro atoms. The summed E-state index contributed by atoms with van der Waals surface area (Å²) in [6, 6.07) is 7.72. The van der Waals surface area contributed by atoms with Crippen LogP contribution in [-0.4, -0.2) is 38.3 Å². The summed E-state index contributed by atoms with van der Waals surface area (Å²) in [5, 5.41) is 17.6. The molecule has 1 aromatic heterocycles. The fraction of sp³-hybridized carbons (Fsp3) is 0.550. The first-order valence-corrected chi connectivity index (χ1v) is 9.44. The van der Waals surface area contributed by atoms with E-state index in [2.05, 4.69) is 10.3 Å². The minimum absolute atomic E-state index is 0.0442. The molecule has 3 rings (SSSR count). The van der Waals surface area contributed by atoms with Crippen molar-refractivity contribution in [3.63, 3.8) is 0 Å².